The minimum atomic E-state index is -0.0160. The average molecular weight is 273 g/mol. The molecular formula is C20H19N. The van der Waals surface area contributed by atoms with Crippen molar-refractivity contribution in [2.24, 2.45) is 5.73 Å². The van der Waals surface area contributed by atoms with Crippen LogP contribution in [0, 0.1) is 0 Å². The number of benzene rings is 3. The summed E-state index contributed by atoms with van der Waals surface area (Å²) in [5, 5.41) is 2.51. The lowest BCUT2D eigenvalue weighted by Crippen LogP contribution is -2.10. The number of hydrogen-bond donors (Lipinski definition) is 1. The first kappa shape index (κ1) is 13.6. The van der Waals surface area contributed by atoms with Gasteiger partial charge in [-0.15, -0.1) is 6.58 Å². The van der Waals surface area contributed by atoms with Crippen molar-refractivity contribution in [2.45, 2.75) is 12.5 Å². The fraction of sp³-hybridized carbons (Fsp3) is 0.100. The Hall–Kier alpha value is -2.38. The van der Waals surface area contributed by atoms with Gasteiger partial charge in [0.05, 0.1) is 0 Å². The van der Waals surface area contributed by atoms with E-state index in [1.165, 1.54) is 27.5 Å². The Balaban J connectivity index is 2.22. The Bertz CT molecular complexity index is 768. The Morgan fingerprint density at radius 2 is 1.52 bits per heavy atom. The average Bonchev–Trinajstić information content (AvgIpc) is 2.54. The molecule has 1 unspecified atom stereocenters. The fourth-order valence-electron chi connectivity index (χ4n) is 2.83. The van der Waals surface area contributed by atoms with Crippen molar-refractivity contribution in [1.29, 1.82) is 0 Å². The zero-order valence-electron chi connectivity index (χ0n) is 12.0. The molecule has 0 saturated heterocycles. The molecule has 0 amide bonds. The van der Waals surface area contributed by atoms with Crippen LogP contribution in [0.3, 0.4) is 0 Å². The summed E-state index contributed by atoms with van der Waals surface area (Å²) in [6.45, 7) is 3.80. The van der Waals surface area contributed by atoms with E-state index in [-0.39, 0.29) is 6.04 Å². The highest BCUT2D eigenvalue weighted by Crippen LogP contribution is 2.33. The van der Waals surface area contributed by atoms with E-state index in [1.807, 2.05) is 12.1 Å². The first-order valence-electron chi connectivity index (χ1n) is 7.25. The summed E-state index contributed by atoms with van der Waals surface area (Å²) in [5.41, 5.74) is 9.94. The summed E-state index contributed by atoms with van der Waals surface area (Å²) in [4.78, 5) is 0. The van der Waals surface area contributed by atoms with Crippen LogP contribution in [0.15, 0.2) is 79.4 Å². The van der Waals surface area contributed by atoms with E-state index in [0.29, 0.717) is 0 Å². The number of fused-ring (bicyclic) bond motifs is 1. The summed E-state index contributed by atoms with van der Waals surface area (Å²) in [7, 11) is 0. The second-order valence-corrected chi connectivity index (χ2v) is 5.24. The minimum Gasteiger partial charge on any atom is -0.324 e. The van der Waals surface area contributed by atoms with Crippen LogP contribution >= 0.6 is 0 Å². The van der Waals surface area contributed by atoms with Gasteiger partial charge in [-0.3, -0.25) is 0 Å². The molecule has 0 spiro atoms. The van der Waals surface area contributed by atoms with E-state index in [0.717, 1.165) is 6.42 Å². The van der Waals surface area contributed by atoms with Crippen LogP contribution in [-0.4, -0.2) is 0 Å². The highest BCUT2D eigenvalue weighted by atomic mass is 14.6. The Morgan fingerprint density at radius 3 is 2.38 bits per heavy atom. The number of nitrogens with two attached hydrogens (primary N) is 1. The molecular weight excluding hydrogens is 254 g/mol. The van der Waals surface area contributed by atoms with Gasteiger partial charge >= 0.3 is 0 Å². The molecule has 1 nitrogen and oxygen atoms in total. The quantitative estimate of drug-likeness (QED) is 0.659. The maximum Gasteiger partial charge on any atom is 0.0335 e. The zero-order chi connectivity index (χ0) is 14.7. The summed E-state index contributed by atoms with van der Waals surface area (Å²) < 4.78 is 0. The van der Waals surface area contributed by atoms with Crippen molar-refractivity contribution in [3.8, 4) is 11.1 Å². The van der Waals surface area contributed by atoms with Crippen LogP contribution in [0.25, 0.3) is 21.9 Å². The van der Waals surface area contributed by atoms with Crippen LogP contribution in [-0.2, 0) is 0 Å². The van der Waals surface area contributed by atoms with Crippen molar-refractivity contribution < 1.29 is 0 Å². The summed E-state index contributed by atoms with van der Waals surface area (Å²) in [6, 6.07) is 23.3. The Kier molecular flexibility index (Phi) is 3.85. The van der Waals surface area contributed by atoms with Crippen molar-refractivity contribution in [2.75, 3.05) is 0 Å². The molecule has 3 aromatic rings. The lowest BCUT2D eigenvalue weighted by atomic mass is 9.91. The predicted octanol–water partition coefficient (Wildman–Crippen LogP) is 5.08. The van der Waals surface area contributed by atoms with Gasteiger partial charge in [0, 0.05) is 6.04 Å². The van der Waals surface area contributed by atoms with Crippen LogP contribution in [0.4, 0.5) is 0 Å². The number of hydrogen-bond acceptors (Lipinski definition) is 1. The smallest absolute Gasteiger partial charge is 0.0335 e. The van der Waals surface area contributed by atoms with Gasteiger partial charge < -0.3 is 5.73 Å². The molecule has 2 N–H and O–H groups in total. The van der Waals surface area contributed by atoms with E-state index < -0.39 is 0 Å². The topological polar surface area (TPSA) is 26.0 Å². The van der Waals surface area contributed by atoms with Crippen molar-refractivity contribution in [3.05, 3.63) is 84.9 Å². The molecule has 0 aliphatic heterocycles. The molecule has 1 heteroatoms. The van der Waals surface area contributed by atoms with E-state index in [9.17, 15) is 0 Å². The molecule has 0 aliphatic carbocycles. The standard InChI is InChI=1S/C20H19N/c1-2-8-20(21)19-13-6-5-12-18(19)17-14-7-10-15-9-3-4-11-16(15)17/h2-7,9-14,20H,1,8,21H2. The molecule has 0 aliphatic rings. The van der Waals surface area contributed by atoms with Gasteiger partial charge in [-0.1, -0.05) is 72.8 Å². The lowest BCUT2D eigenvalue weighted by molar-refractivity contribution is 0.744. The monoisotopic (exact) mass is 273 g/mol. The fourth-order valence-corrected chi connectivity index (χ4v) is 2.83. The van der Waals surface area contributed by atoms with Gasteiger partial charge in [-0.05, 0) is 33.9 Å². The molecule has 1 atom stereocenters. The highest BCUT2D eigenvalue weighted by molar-refractivity contribution is 5.97. The van der Waals surface area contributed by atoms with Gasteiger partial charge in [-0.2, -0.15) is 0 Å². The molecule has 0 heterocycles. The van der Waals surface area contributed by atoms with Gasteiger partial charge in [0.25, 0.3) is 0 Å². The molecule has 0 fully saturated rings. The van der Waals surface area contributed by atoms with Crippen molar-refractivity contribution in [3.63, 3.8) is 0 Å². The van der Waals surface area contributed by atoms with Crippen LogP contribution in [0.2, 0.25) is 0 Å². The molecule has 104 valence electrons. The maximum atomic E-state index is 6.32. The summed E-state index contributed by atoms with van der Waals surface area (Å²) in [5.74, 6) is 0. The molecule has 3 aromatic carbocycles. The predicted molar refractivity (Wildman–Crippen MR) is 91.1 cm³/mol. The molecule has 0 radical (unpaired) electrons. The highest BCUT2D eigenvalue weighted by Gasteiger charge is 2.12. The summed E-state index contributed by atoms with van der Waals surface area (Å²) in [6.07, 6.45) is 2.66. The molecule has 0 aromatic heterocycles. The second-order valence-electron chi connectivity index (χ2n) is 5.24. The zero-order valence-corrected chi connectivity index (χ0v) is 12.0. The van der Waals surface area contributed by atoms with E-state index in [1.54, 1.807) is 0 Å². The third-order valence-corrected chi connectivity index (χ3v) is 3.86. The van der Waals surface area contributed by atoms with Crippen molar-refractivity contribution >= 4 is 10.8 Å². The van der Waals surface area contributed by atoms with Gasteiger partial charge in [0.15, 0.2) is 0 Å². The van der Waals surface area contributed by atoms with Crippen molar-refractivity contribution in [1.82, 2.24) is 0 Å². The first-order valence-corrected chi connectivity index (χ1v) is 7.25. The van der Waals surface area contributed by atoms with Gasteiger partial charge in [0.2, 0.25) is 0 Å². The Morgan fingerprint density at radius 1 is 0.857 bits per heavy atom. The van der Waals surface area contributed by atoms with Gasteiger partial charge in [-0.25, -0.2) is 0 Å². The normalized spacial score (nSPS) is 12.2. The second kappa shape index (κ2) is 5.94. The minimum absolute atomic E-state index is 0.0160. The molecule has 21 heavy (non-hydrogen) atoms. The van der Waals surface area contributed by atoms with Gasteiger partial charge in [0.1, 0.15) is 0 Å². The number of rotatable bonds is 4. The molecule has 0 saturated carbocycles. The van der Waals surface area contributed by atoms with E-state index in [2.05, 4.69) is 67.2 Å². The molecule has 3 rings (SSSR count). The third kappa shape index (κ3) is 2.61. The lowest BCUT2D eigenvalue weighted by Gasteiger charge is -2.16. The summed E-state index contributed by atoms with van der Waals surface area (Å²) >= 11 is 0. The molecule has 0 bridgehead atoms. The van der Waals surface area contributed by atoms with E-state index >= 15 is 0 Å². The SMILES string of the molecule is C=CCC(N)c1ccccc1-c1cccc2ccccc12. The van der Waals surface area contributed by atoms with Crippen LogP contribution in [0.1, 0.15) is 18.0 Å². The third-order valence-electron chi connectivity index (χ3n) is 3.86. The largest absolute Gasteiger partial charge is 0.324 e. The van der Waals surface area contributed by atoms with Crippen LogP contribution in [0.5, 0.6) is 0 Å². The van der Waals surface area contributed by atoms with E-state index in [4.69, 9.17) is 5.73 Å². The maximum absolute atomic E-state index is 6.32. The first-order chi connectivity index (χ1) is 10.3. The Labute approximate surface area is 125 Å². The van der Waals surface area contributed by atoms with Crippen LogP contribution < -0.4 is 5.73 Å².